The number of hydrogen-bond donors (Lipinski definition) is 3. The van der Waals surface area contributed by atoms with Gasteiger partial charge in [0.15, 0.2) is 0 Å². The molecule has 0 fully saturated rings. The third-order valence-corrected chi connectivity index (χ3v) is 3.85. The van der Waals surface area contributed by atoms with Crippen LogP contribution in [-0.4, -0.2) is 93.0 Å². The van der Waals surface area contributed by atoms with Crippen molar-refractivity contribution in [3.05, 3.63) is 0 Å². The van der Waals surface area contributed by atoms with Crippen LogP contribution in [0.25, 0.3) is 0 Å². The summed E-state index contributed by atoms with van der Waals surface area (Å²) in [6.45, 7) is 8.15. The van der Waals surface area contributed by atoms with Crippen LogP contribution in [0, 0.1) is 11.3 Å². The molecule has 0 aromatic heterocycles. The number of nitrogens with zero attached hydrogens (tertiary/aromatic N) is 1. The third kappa shape index (κ3) is 8.49. The Morgan fingerprint density at radius 2 is 1.92 bits per heavy atom. The molecule has 1 rings (SSSR count). The van der Waals surface area contributed by atoms with Gasteiger partial charge in [-0.1, -0.05) is 39.8 Å². The SMILES string of the molecule is CCCC(C)C1(CC)C(=O)N=C(O)NC1=O.CCOC(=S)S.[NaH].[NaH]. The molecule has 10 heteroatoms. The van der Waals surface area contributed by atoms with Crippen molar-refractivity contribution in [3.63, 3.8) is 0 Å². The number of rotatable bonds is 5. The molecule has 1 aliphatic heterocycles. The zero-order valence-electron chi connectivity index (χ0n) is 13.4. The van der Waals surface area contributed by atoms with Crippen LogP contribution in [0.15, 0.2) is 4.99 Å². The number of hydrogen-bond acceptors (Lipinski definition) is 4. The summed E-state index contributed by atoms with van der Waals surface area (Å²) in [6.07, 6.45) is 2.08. The fourth-order valence-electron chi connectivity index (χ4n) is 2.43. The minimum atomic E-state index is -1.11. The number of thiocarbonyl (C=S) groups is 1. The van der Waals surface area contributed by atoms with E-state index in [1.807, 2.05) is 20.8 Å². The number of aliphatic hydroxyl groups excluding tert-OH is 1. The second-order valence-corrected chi connectivity index (χ2v) is 5.99. The number of nitrogens with one attached hydrogen (secondary N) is 1. The van der Waals surface area contributed by atoms with Crippen molar-refractivity contribution in [1.82, 2.24) is 5.32 Å². The Kier molecular flexibility index (Phi) is 18.5. The molecule has 1 aliphatic rings. The Morgan fingerprint density at radius 1 is 1.38 bits per heavy atom. The van der Waals surface area contributed by atoms with Crippen LogP contribution in [0.2, 0.25) is 0 Å². The van der Waals surface area contributed by atoms with Gasteiger partial charge in [0, 0.05) is 0 Å². The first-order chi connectivity index (χ1) is 10.3. The second kappa shape index (κ2) is 15.0. The quantitative estimate of drug-likeness (QED) is 0.282. The van der Waals surface area contributed by atoms with E-state index < -0.39 is 23.3 Å². The molecule has 0 saturated heterocycles. The number of carbonyl (C=O) groups excluding carboxylic acids is 2. The molecule has 0 aromatic carbocycles. The Balaban J connectivity index is -0.000000478. The molecule has 0 saturated carbocycles. The summed E-state index contributed by atoms with van der Waals surface area (Å²) >= 11 is 8.12. The standard InChI is InChI=1S/C11H18N2O3.C3H6OS2.2Na.2H/c1-4-6-7(3)11(5-2)8(14)12-10(16)13-9(11)15;1-2-4-3(5)6;;;;/h7H,4-6H2,1-3H3,(H2,12,13,14,15,16);2H2,1H3,(H,5,6);;;;. The number of thiol groups is 1. The molecule has 1 heterocycles. The van der Waals surface area contributed by atoms with Gasteiger partial charge in [0.25, 0.3) is 11.9 Å². The van der Waals surface area contributed by atoms with E-state index in [4.69, 9.17) is 5.11 Å². The molecule has 0 spiro atoms. The Labute approximate surface area is 199 Å². The predicted octanol–water partition coefficient (Wildman–Crippen LogP) is 1.33. The first-order valence-corrected chi connectivity index (χ1v) is 8.10. The Morgan fingerprint density at radius 3 is 2.21 bits per heavy atom. The molecule has 0 bridgehead atoms. The third-order valence-electron chi connectivity index (χ3n) is 3.61. The van der Waals surface area contributed by atoms with Gasteiger partial charge in [0.1, 0.15) is 5.41 Å². The van der Waals surface area contributed by atoms with Crippen molar-refractivity contribution < 1.29 is 19.4 Å². The van der Waals surface area contributed by atoms with Crippen molar-refractivity contribution in [2.45, 2.75) is 47.0 Å². The normalized spacial score (nSPS) is 20.1. The summed E-state index contributed by atoms with van der Waals surface area (Å²) in [5.74, 6) is -1.04. The maximum absolute atomic E-state index is 11.9. The fraction of sp³-hybridized carbons (Fsp3) is 0.714. The first kappa shape index (κ1) is 29.6. The second-order valence-electron chi connectivity index (χ2n) is 4.91. The van der Waals surface area contributed by atoms with E-state index in [9.17, 15) is 9.59 Å². The van der Waals surface area contributed by atoms with Crippen LogP contribution >= 0.6 is 24.8 Å². The molecular formula is C14H26N2Na2O4S2. The van der Waals surface area contributed by atoms with Gasteiger partial charge >= 0.3 is 59.1 Å². The van der Waals surface area contributed by atoms with Gasteiger partial charge in [0.05, 0.1) is 6.61 Å². The van der Waals surface area contributed by atoms with E-state index in [1.165, 1.54) is 0 Å². The molecule has 2 atom stereocenters. The summed E-state index contributed by atoms with van der Waals surface area (Å²) in [7, 11) is 0. The van der Waals surface area contributed by atoms with Crippen molar-refractivity contribution in [1.29, 1.82) is 0 Å². The zero-order valence-corrected chi connectivity index (χ0v) is 15.1. The van der Waals surface area contributed by atoms with E-state index >= 15 is 0 Å². The van der Waals surface area contributed by atoms with E-state index in [-0.39, 0.29) is 65.0 Å². The topological polar surface area (TPSA) is 88.0 Å². The number of amidine groups is 1. The summed E-state index contributed by atoms with van der Waals surface area (Å²) in [4.78, 5) is 27.2. The van der Waals surface area contributed by atoms with Crippen LogP contribution < -0.4 is 5.32 Å². The van der Waals surface area contributed by atoms with Gasteiger partial charge in [-0.3, -0.25) is 14.9 Å². The molecule has 2 unspecified atom stereocenters. The Hall–Kier alpha value is 0.850. The van der Waals surface area contributed by atoms with Crippen molar-refractivity contribution in [3.8, 4) is 0 Å². The zero-order chi connectivity index (χ0) is 17.3. The van der Waals surface area contributed by atoms with E-state index in [0.717, 1.165) is 12.8 Å². The number of aliphatic imine (C=N–C) groups is 1. The van der Waals surface area contributed by atoms with Crippen LogP contribution in [0.5, 0.6) is 0 Å². The van der Waals surface area contributed by atoms with Gasteiger partial charge in [-0.15, -0.1) is 0 Å². The molecule has 0 aromatic rings. The molecule has 2 N–H and O–H groups in total. The van der Waals surface area contributed by atoms with Crippen LogP contribution in [0.3, 0.4) is 0 Å². The average molecular weight is 396 g/mol. The maximum atomic E-state index is 11.9. The van der Waals surface area contributed by atoms with Crippen LogP contribution in [0.4, 0.5) is 0 Å². The number of aliphatic hydroxyl groups is 1. The molecule has 6 nitrogen and oxygen atoms in total. The van der Waals surface area contributed by atoms with Crippen LogP contribution in [0.1, 0.15) is 47.0 Å². The molecular weight excluding hydrogens is 370 g/mol. The monoisotopic (exact) mass is 396 g/mol. The van der Waals surface area contributed by atoms with Gasteiger partial charge in [-0.05, 0) is 37.9 Å². The number of ether oxygens (including phenoxy) is 1. The van der Waals surface area contributed by atoms with Crippen molar-refractivity contribution in [2.75, 3.05) is 6.61 Å². The van der Waals surface area contributed by atoms with E-state index in [2.05, 4.69) is 39.9 Å². The first-order valence-electron chi connectivity index (χ1n) is 7.25. The van der Waals surface area contributed by atoms with E-state index in [0.29, 0.717) is 17.4 Å². The number of carbonyl (C=O) groups is 2. The minimum absolute atomic E-state index is 0. The summed E-state index contributed by atoms with van der Waals surface area (Å²) < 4.78 is 4.95. The van der Waals surface area contributed by atoms with Gasteiger partial charge in [-0.2, -0.15) is 4.99 Å². The number of amides is 2. The Bertz CT molecular complexity index is 464. The van der Waals surface area contributed by atoms with E-state index in [1.54, 1.807) is 6.92 Å². The fourth-order valence-corrected chi connectivity index (χ4v) is 2.68. The summed E-state index contributed by atoms with van der Waals surface area (Å²) in [5.41, 5.74) is -1.11. The molecule has 0 aliphatic carbocycles. The molecule has 0 radical (unpaired) electrons. The average Bonchev–Trinajstić information content (AvgIpc) is 2.39. The molecule has 24 heavy (non-hydrogen) atoms. The van der Waals surface area contributed by atoms with Gasteiger partial charge < -0.3 is 9.84 Å². The van der Waals surface area contributed by atoms with Crippen molar-refractivity contribution in [2.24, 2.45) is 16.3 Å². The van der Waals surface area contributed by atoms with Crippen molar-refractivity contribution >= 4 is 106 Å². The van der Waals surface area contributed by atoms with Gasteiger partial charge in [0.2, 0.25) is 10.3 Å². The summed E-state index contributed by atoms with van der Waals surface area (Å²) in [6, 6.07) is -0.595. The van der Waals surface area contributed by atoms with Crippen LogP contribution in [-0.2, 0) is 14.3 Å². The van der Waals surface area contributed by atoms with Gasteiger partial charge in [-0.25, -0.2) is 0 Å². The summed E-state index contributed by atoms with van der Waals surface area (Å²) in [5, 5.41) is 11.3. The molecule has 2 amide bonds. The molecule has 130 valence electrons. The predicted molar refractivity (Wildman–Crippen MR) is 108 cm³/mol.